The Balaban J connectivity index is 1.94. The van der Waals surface area contributed by atoms with Crippen molar-refractivity contribution in [2.75, 3.05) is 5.32 Å². The molecule has 1 aromatic rings. The molecule has 2 N–H and O–H groups in total. The third-order valence-corrected chi connectivity index (χ3v) is 3.36. The van der Waals surface area contributed by atoms with E-state index >= 15 is 0 Å². The van der Waals surface area contributed by atoms with Crippen molar-refractivity contribution >= 4 is 52.4 Å². The molecule has 0 saturated carbocycles. The van der Waals surface area contributed by atoms with E-state index in [2.05, 4.69) is 15.8 Å². The SMILES string of the molecule is CC(OC(=O)C1=NNC(=O)CC1)C(=O)Nc1cc(Cl)cc(Cl)c1. The topological polar surface area (TPSA) is 96.9 Å². The van der Waals surface area contributed by atoms with Gasteiger partial charge in [0.15, 0.2) is 6.10 Å². The van der Waals surface area contributed by atoms with Crippen LogP contribution in [-0.4, -0.2) is 29.6 Å². The number of anilines is 1. The Hall–Kier alpha value is -2.12. The first-order chi connectivity index (χ1) is 10.8. The maximum atomic E-state index is 12.0. The highest BCUT2D eigenvalue weighted by Crippen LogP contribution is 2.22. The van der Waals surface area contributed by atoms with Crippen molar-refractivity contribution in [3.05, 3.63) is 28.2 Å². The van der Waals surface area contributed by atoms with Crippen molar-refractivity contribution in [2.24, 2.45) is 5.10 Å². The molecule has 0 bridgehead atoms. The lowest BCUT2D eigenvalue weighted by molar-refractivity contribution is -0.146. The fourth-order valence-electron chi connectivity index (χ4n) is 1.77. The summed E-state index contributed by atoms with van der Waals surface area (Å²) in [6, 6.07) is 4.55. The number of rotatable bonds is 4. The van der Waals surface area contributed by atoms with E-state index in [1.165, 1.54) is 25.1 Å². The molecule has 0 aliphatic carbocycles. The standard InChI is InChI=1S/C14H13Cl2N3O4/c1-7(23-14(22)11-2-3-12(20)19-18-11)13(21)17-10-5-8(15)4-9(16)6-10/h4-7H,2-3H2,1H3,(H,17,21)(H,19,20). The fraction of sp³-hybridized carbons (Fsp3) is 0.286. The van der Waals surface area contributed by atoms with Crippen LogP contribution in [-0.2, 0) is 19.1 Å². The Kier molecular flexibility index (Phi) is 5.57. The number of nitrogens with zero attached hydrogens (tertiary/aromatic N) is 1. The van der Waals surface area contributed by atoms with Gasteiger partial charge in [0, 0.05) is 28.6 Å². The Labute approximate surface area is 142 Å². The smallest absolute Gasteiger partial charge is 0.355 e. The zero-order valence-electron chi connectivity index (χ0n) is 12.1. The minimum atomic E-state index is -1.06. The van der Waals surface area contributed by atoms with Crippen molar-refractivity contribution in [1.29, 1.82) is 0 Å². The van der Waals surface area contributed by atoms with E-state index in [9.17, 15) is 14.4 Å². The van der Waals surface area contributed by atoms with Crippen LogP contribution >= 0.6 is 23.2 Å². The molecule has 9 heteroatoms. The number of esters is 1. The van der Waals surface area contributed by atoms with Gasteiger partial charge in [-0.05, 0) is 25.1 Å². The fourth-order valence-corrected chi connectivity index (χ4v) is 2.30. The summed E-state index contributed by atoms with van der Waals surface area (Å²) in [5.41, 5.74) is 2.64. The van der Waals surface area contributed by atoms with Crippen LogP contribution < -0.4 is 10.7 Å². The lowest BCUT2D eigenvalue weighted by Crippen LogP contribution is -2.35. The minimum Gasteiger partial charge on any atom is -0.448 e. The Morgan fingerprint density at radius 2 is 1.91 bits per heavy atom. The van der Waals surface area contributed by atoms with Crippen LogP contribution in [0, 0.1) is 0 Å². The molecule has 1 unspecified atom stereocenters. The highest BCUT2D eigenvalue weighted by atomic mass is 35.5. The van der Waals surface area contributed by atoms with E-state index in [0.717, 1.165) is 0 Å². The highest BCUT2D eigenvalue weighted by molar-refractivity contribution is 6.37. The Morgan fingerprint density at radius 1 is 1.26 bits per heavy atom. The second-order valence-electron chi connectivity index (χ2n) is 4.79. The molecule has 2 rings (SSSR count). The van der Waals surface area contributed by atoms with Gasteiger partial charge >= 0.3 is 5.97 Å². The van der Waals surface area contributed by atoms with E-state index in [0.29, 0.717) is 15.7 Å². The molecule has 0 saturated heterocycles. The van der Waals surface area contributed by atoms with Gasteiger partial charge < -0.3 is 10.1 Å². The van der Waals surface area contributed by atoms with Crippen molar-refractivity contribution in [2.45, 2.75) is 25.9 Å². The van der Waals surface area contributed by atoms with E-state index in [-0.39, 0.29) is 24.5 Å². The van der Waals surface area contributed by atoms with Crippen molar-refractivity contribution in [3.63, 3.8) is 0 Å². The van der Waals surface area contributed by atoms with Crippen LogP contribution in [0.3, 0.4) is 0 Å². The number of hydrazone groups is 1. The molecule has 7 nitrogen and oxygen atoms in total. The van der Waals surface area contributed by atoms with Gasteiger partial charge in [-0.3, -0.25) is 9.59 Å². The normalized spacial score (nSPS) is 15.3. The molecule has 23 heavy (non-hydrogen) atoms. The zero-order chi connectivity index (χ0) is 17.0. The van der Waals surface area contributed by atoms with Crippen LogP contribution in [0.2, 0.25) is 10.0 Å². The summed E-state index contributed by atoms with van der Waals surface area (Å²) in [6.07, 6.45) is -0.737. The molecular formula is C14H13Cl2N3O4. The predicted octanol–water partition coefficient (Wildman–Crippen LogP) is 2.13. The minimum absolute atomic E-state index is 0.0649. The Morgan fingerprint density at radius 3 is 2.48 bits per heavy atom. The third-order valence-electron chi connectivity index (χ3n) is 2.92. The molecular weight excluding hydrogens is 345 g/mol. The molecule has 1 aliphatic heterocycles. The maximum Gasteiger partial charge on any atom is 0.355 e. The maximum absolute atomic E-state index is 12.0. The van der Waals surface area contributed by atoms with E-state index < -0.39 is 18.0 Å². The summed E-state index contributed by atoms with van der Waals surface area (Å²) in [7, 11) is 0. The molecule has 0 spiro atoms. The molecule has 1 aliphatic rings. The number of halogens is 2. The molecule has 0 fully saturated rings. The predicted molar refractivity (Wildman–Crippen MR) is 85.5 cm³/mol. The van der Waals surface area contributed by atoms with Gasteiger partial charge in [0.25, 0.3) is 5.91 Å². The number of carbonyl (C=O) groups excluding carboxylic acids is 3. The summed E-state index contributed by atoms with van der Waals surface area (Å²) < 4.78 is 5.02. The quantitative estimate of drug-likeness (QED) is 0.806. The third kappa shape index (κ3) is 4.94. The first kappa shape index (κ1) is 17.2. The molecule has 122 valence electrons. The lowest BCUT2D eigenvalue weighted by Gasteiger charge is -2.16. The number of hydrogen-bond acceptors (Lipinski definition) is 5. The summed E-state index contributed by atoms with van der Waals surface area (Å²) in [4.78, 5) is 34.8. The van der Waals surface area contributed by atoms with Crippen LogP contribution in [0.15, 0.2) is 23.3 Å². The van der Waals surface area contributed by atoms with Gasteiger partial charge in [-0.1, -0.05) is 23.2 Å². The van der Waals surface area contributed by atoms with Crippen molar-refractivity contribution in [1.82, 2.24) is 5.43 Å². The summed E-state index contributed by atoms with van der Waals surface area (Å²) in [5.74, 6) is -1.57. The van der Waals surface area contributed by atoms with Gasteiger partial charge in [-0.15, -0.1) is 0 Å². The second-order valence-corrected chi connectivity index (χ2v) is 5.66. The van der Waals surface area contributed by atoms with Crippen molar-refractivity contribution < 1.29 is 19.1 Å². The Bertz CT molecular complexity index is 670. The largest absolute Gasteiger partial charge is 0.448 e. The summed E-state index contributed by atoms with van der Waals surface area (Å²) in [6.45, 7) is 1.42. The first-order valence-corrected chi connectivity index (χ1v) is 7.44. The molecule has 1 heterocycles. The number of ether oxygens (including phenoxy) is 1. The van der Waals surface area contributed by atoms with E-state index in [1.54, 1.807) is 0 Å². The second kappa shape index (κ2) is 7.43. The molecule has 0 aromatic heterocycles. The van der Waals surface area contributed by atoms with Crippen LogP contribution in [0.25, 0.3) is 0 Å². The summed E-state index contributed by atoms with van der Waals surface area (Å²) in [5, 5.41) is 6.88. The van der Waals surface area contributed by atoms with Crippen LogP contribution in [0.4, 0.5) is 5.69 Å². The van der Waals surface area contributed by atoms with Gasteiger partial charge in [-0.25, -0.2) is 10.2 Å². The molecule has 1 atom stereocenters. The van der Waals surface area contributed by atoms with E-state index in [1.807, 2.05) is 0 Å². The van der Waals surface area contributed by atoms with E-state index in [4.69, 9.17) is 27.9 Å². The van der Waals surface area contributed by atoms with Gasteiger partial charge in [-0.2, -0.15) is 5.10 Å². The highest BCUT2D eigenvalue weighted by Gasteiger charge is 2.24. The van der Waals surface area contributed by atoms with Crippen LogP contribution in [0.5, 0.6) is 0 Å². The average molecular weight is 358 g/mol. The van der Waals surface area contributed by atoms with Gasteiger partial charge in [0.2, 0.25) is 5.91 Å². The summed E-state index contributed by atoms with van der Waals surface area (Å²) >= 11 is 11.7. The average Bonchev–Trinajstić information content (AvgIpc) is 2.46. The number of benzene rings is 1. The zero-order valence-corrected chi connectivity index (χ0v) is 13.6. The molecule has 0 radical (unpaired) electrons. The number of amides is 2. The lowest BCUT2D eigenvalue weighted by atomic mass is 10.2. The van der Waals surface area contributed by atoms with Gasteiger partial charge in [0.1, 0.15) is 5.71 Å². The number of hydrogen-bond donors (Lipinski definition) is 2. The molecule has 2 amide bonds. The first-order valence-electron chi connectivity index (χ1n) is 6.68. The monoisotopic (exact) mass is 357 g/mol. The number of carbonyl (C=O) groups is 3. The van der Waals surface area contributed by atoms with Crippen molar-refractivity contribution in [3.8, 4) is 0 Å². The number of nitrogens with one attached hydrogen (secondary N) is 2. The van der Waals surface area contributed by atoms with Gasteiger partial charge in [0.05, 0.1) is 0 Å². The molecule has 1 aromatic carbocycles. The van der Waals surface area contributed by atoms with Crippen LogP contribution in [0.1, 0.15) is 19.8 Å².